The highest BCUT2D eigenvalue weighted by atomic mass is 16.5. The van der Waals surface area contributed by atoms with Gasteiger partial charge in [-0.05, 0) is 6.07 Å². The molecule has 0 aliphatic carbocycles. The van der Waals surface area contributed by atoms with E-state index in [1.165, 1.54) is 21.3 Å². The maximum atomic E-state index is 13.5. The third kappa shape index (κ3) is 3.85. The van der Waals surface area contributed by atoms with Crippen LogP contribution in [0.5, 0.6) is 17.2 Å². The van der Waals surface area contributed by atoms with Crippen LogP contribution in [0.1, 0.15) is 10.4 Å². The molecule has 0 saturated carbocycles. The minimum absolute atomic E-state index is 0.320. The van der Waals surface area contributed by atoms with Gasteiger partial charge in [0, 0.05) is 28.8 Å². The number of carbonyl (C=O) groups excluding carboxylic acids is 1. The van der Waals surface area contributed by atoms with E-state index in [1.54, 1.807) is 12.1 Å². The fraction of sp³-hybridized carbons (Fsp3) is 0.125. The molecule has 1 amide bonds. The normalized spacial score (nSPS) is 10.5. The summed E-state index contributed by atoms with van der Waals surface area (Å²) in [5, 5.41) is 12.3. The number of hydrogen-bond acceptors (Lipinski definition) is 6. The van der Waals surface area contributed by atoms with Crippen molar-refractivity contribution in [3.05, 3.63) is 72.3 Å². The number of rotatable bonds is 6. The Bertz CT molecular complexity index is 1220. The molecule has 0 bridgehead atoms. The van der Waals surface area contributed by atoms with Gasteiger partial charge in [-0.1, -0.05) is 48.5 Å². The van der Waals surface area contributed by atoms with Crippen LogP contribution in [0.15, 0.2) is 66.7 Å². The van der Waals surface area contributed by atoms with Crippen LogP contribution in [0.3, 0.4) is 0 Å². The summed E-state index contributed by atoms with van der Waals surface area (Å²) in [6.07, 6.45) is 0. The number of nitrogens with one attached hydrogen (secondary N) is 1. The van der Waals surface area contributed by atoms with Gasteiger partial charge in [0.05, 0.1) is 32.4 Å². The summed E-state index contributed by atoms with van der Waals surface area (Å²) in [6, 6.07) is 20.3. The zero-order valence-corrected chi connectivity index (χ0v) is 17.4. The van der Waals surface area contributed by atoms with E-state index in [-0.39, 0.29) is 5.91 Å². The maximum absolute atomic E-state index is 13.5. The zero-order chi connectivity index (χ0) is 21.8. The van der Waals surface area contributed by atoms with Crippen molar-refractivity contribution in [2.75, 3.05) is 26.6 Å². The molecule has 156 valence electrons. The Morgan fingerprint density at radius 3 is 2.10 bits per heavy atom. The lowest BCUT2D eigenvalue weighted by molar-refractivity contribution is 0.102. The molecule has 0 atom stereocenters. The second-order valence-corrected chi connectivity index (χ2v) is 6.67. The summed E-state index contributed by atoms with van der Waals surface area (Å²) < 4.78 is 16.1. The molecule has 31 heavy (non-hydrogen) atoms. The summed E-state index contributed by atoms with van der Waals surface area (Å²) in [6.45, 7) is 0. The number of hydrogen-bond donors (Lipinski definition) is 1. The van der Waals surface area contributed by atoms with E-state index in [0.717, 1.165) is 5.56 Å². The fourth-order valence-electron chi connectivity index (χ4n) is 3.43. The Balaban J connectivity index is 1.83. The van der Waals surface area contributed by atoms with Crippen LogP contribution in [0, 0.1) is 0 Å². The standard InChI is InChI=1S/C24H21N3O4/c1-29-19-13-16(14-20(30-2)23(19)31-3)25-24(28)21-17-11-7-8-12-18(17)26-27-22(21)15-9-5-4-6-10-15/h4-14H,1-3H3,(H,25,28). The first kappa shape index (κ1) is 20.2. The molecule has 3 aromatic carbocycles. The van der Waals surface area contributed by atoms with Crippen LogP contribution < -0.4 is 19.5 Å². The van der Waals surface area contributed by atoms with E-state index < -0.39 is 0 Å². The molecule has 0 spiro atoms. The Morgan fingerprint density at radius 1 is 0.806 bits per heavy atom. The zero-order valence-electron chi connectivity index (χ0n) is 17.4. The first-order valence-electron chi connectivity index (χ1n) is 9.58. The van der Waals surface area contributed by atoms with Gasteiger partial charge in [-0.3, -0.25) is 4.79 Å². The highest BCUT2D eigenvalue weighted by Gasteiger charge is 2.21. The number of amides is 1. The Hall–Kier alpha value is -4.13. The molecule has 7 nitrogen and oxygen atoms in total. The smallest absolute Gasteiger partial charge is 0.258 e. The largest absolute Gasteiger partial charge is 0.493 e. The highest BCUT2D eigenvalue weighted by Crippen LogP contribution is 2.40. The quantitative estimate of drug-likeness (QED) is 0.497. The topological polar surface area (TPSA) is 82.6 Å². The molecular weight excluding hydrogens is 394 g/mol. The number of anilines is 1. The summed E-state index contributed by atoms with van der Waals surface area (Å²) in [4.78, 5) is 13.5. The number of ether oxygens (including phenoxy) is 3. The molecule has 7 heteroatoms. The first-order valence-corrected chi connectivity index (χ1v) is 9.58. The third-order valence-electron chi connectivity index (χ3n) is 4.86. The Morgan fingerprint density at radius 2 is 1.45 bits per heavy atom. The molecule has 4 rings (SSSR count). The lowest BCUT2D eigenvalue weighted by Gasteiger charge is -2.16. The Kier molecular flexibility index (Phi) is 5.66. The van der Waals surface area contributed by atoms with Gasteiger partial charge in [0.2, 0.25) is 5.75 Å². The second-order valence-electron chi connectivity index (χ2n) is 6.67. The molecule has 1 aromatic heterocycles. The lowest BCUT2D eigenvalue weighted by Crippen LogP contribution is -2.15. The fourth-order valence-corrected chi connectivity index (χ4v) is 3.43. The summed E-state index contributed by atoms with van der Waals surface area (Å²) in [5.74, 6) is 1.01. The average molecular weight is 415 g/mol. The summed E-state index contributed by atoms with van der Waals surface area (Å²) in [7, 11) is 4.58. The minimum Gasteiger partial charge on any atom is -0.493 e. The number of benzene rings is 3. The number of aromatic nitrogens is 2. The van der Waals surface area contributed by atoms with E-state index in [0.29, 0.717) is 45.1 Å². The van der Waals surface area contributed by atoms with Crippen LogP contribution >= 0.6 is 0 Å². The molecule has 0 aliphatic heterocycles. The Labute approximate surface area is 179 Å². The van der Waals surface area contributed by atoms with Crippen molar-refractivity contribution in [2.24, 2.45) is 0 Å². The van der Waals surface area contributed by atoms with Gasteiger partial charge in [-0.25, -0.2) is 0 Å². The maximum Gasteiger partial charge on any atom is 0.258 e. The molecule has 4 aromatic rings. The number of fused-ring (bicyclic) bond motifs is 1. The van der Waals surface area contributed by atoms with Crippen molar-refractivity contribution in [1.29, 1.82) is 0 Å². The van der Waals surface area contributed by atoms with Gasteiger partial charge in [-0.15, -0.1) is 10.2 Å². The molecule has 0 radical (unpaired) electrons. The van der Waals surface area contributed by atoms with Crippen molar-refractivity contribution >= 4 is 22.5 Å². The van der Waals surface area contributed by atoms with E-state index >= 15 is 0 Å². The number of nitrogens with zero attached hydrogens (tertiary/aromatic N) is 2. The predicted octanol–water partition coefficient (Wildman–Crippen LogP) is 4.57. The van der Waals surface area contributed by atoms with Gasteiger partial charge in [0.15, 0.2) is 11.5 Å². The van der Waals surface area contributed by atoms with Crippen molar-refractivity contribution < 1.29 is 19.0 Å². The first-order chi connectivity index (χ1) is 15.2. The van der Waals surface area contributed by atoms with Crippen LogP contribution in [0.25, 0.3) is 22.2 Å². The summed E-state index contributed by atoms with van der Waals surface area (Å²) >= 11 is 0. The van der Waals surface area contributed by atoms with Crippen molar-refractivity contribution in [2.45, 2.75) is 0 Å². The monoisotopic (exact) mass is 415 g/mol. The van der Waals surface area contributed by atoms with Gasteiger partial charge in [-0.2, -0.15) is 0 Å². The molecule has 1 N–H and O–H groups in total. The number of carbonyl (C=O) groups is 1. The lowest BCUT2D eigenvalue weighted by atomic mass is 10.0. The highest BCUT2D eigenvalue weighted by molar-refractivity contribution is 6.16. The van der Waals surface area contributed by atoms with Crippen molar-refractivity contribution in [3.63, 3.8) is 0 Å². The molecule has 0 aliphatic rings. The van der Waals surface area contributed by atoms with E-state index in [1.807, 2.05) is 54.6 Å². The van der Waals surface area contributed by atoms with Gasteiger partial charge in [0.1, 0.15) is 5.69 Å². The van der Waals surface area contributed by atoms with E-state index in [4.69, 9.17) is 14.2 Å². The average Bonchev–Trinajstić information content (AvgIpc) is 2.83. The van der Waals surface area contributed by atoms with Crippen LogP contribution in [-0.2, 0) is 0 Å². The van der Waals surface area contributed by atoms with E-state index in [2.05, 4.69) is 15.5 Å². The van der Waals surface area contributed by atoms with Crippen molar-refractivity contribution in [1.82, 2.24) is 10.2 Å². The SMILES string of the molecule is COc1cc(NC(=O)c2c(-c3ccccc3)nnc3ccccc23)cc(OC)c1OC. The third-order valence-corrected chi connectivity index (χ3v) is 4.86. The molecule has 0 saturated heterocycles. The summed E-state index contributed by atoms with van der Waals surface area (Å²) in [5.41, 5.74) is 2.88. The molecule has 0 fully saturated rings. The van der Waals surface area contributed by atoms with Crippen LogP contribution in [-0.4, -0.2) is 37.4 Å². The van der Waals surface area contributed by atoms with Gasteiger partial charge < -0.3 is 19.5 Å². The van der Waals surface area contributed by atoms with Crippen LogP contribution in [0.4, 0.5) is 5.69 Å². The van der Waals surface area contributed by atoms with Gasteiger partial charge in [0.25, 0.3) is 5.91 Å². The van der Waals surface area contributed by atoms with Crippen molar-refractivity contribution in [3.8, 4) is 28.5 Å². The van der Waals surface area contributed by atoms with E-state index in [9.17, 15) is 4.79 Å². The minimum atomic E-state index is -0.320. The molecule has 0 unspecified atom stereocenters. The predicted molar refractivity (Wildman–Crippen MR) is 119 cm³/mol. The molecule has 1 heterocycles. The number of methoxy groups -OCH3 is 3. The second kappa shape index (κ2) is 8.71. The van der Waals surface area contributed by atoms with Crippen LogP contribution in [0.2, 0.25) is 0 Å². The van der Waals surface area contributed by atoms with Gasteiger partial charge >= 0.3 is 0 Å². The molecular formula is C24H21N3O4.